The first-order valence-corrected chi connectivity index (χ1v) is 8.52. The highest BCUT2D eigenvalue weighted by molar-refractivity contribution is 5.83. The van der Waals surface area contributed by atoms with E-state index < -0.39 is 6.55 Å². The number of hydrogen-bond donors (Lipinski definition) is 0. The summed E-state index contributed by atoms with van der Waals surface area (Å²) >= 11 is 0. The summed E-state index contributed by atoms with van der Waals surface area (Å²) in [6.07, 6.45) is 9.46. The van der Waals surface area contributed by atoms with Gasteiger partial charge in [0.05, 0.1) is 12.0 Å². The molecule has 0 unspecified atom stereocenters. The van der Waals surface area contributed by atoms with E-state index in [0.29, 0.717) is 17.8 Å². The van der Waals surface area contributed by atoms with Crippen LogP contribution in [0.15, 0.2) is 12.4 Å². The number of rotatable bonds is 4. The normalized spacial score (nSPS) is 35.0. The van der Waals surface area contributed by atoms with Crippen LogP contribution in [0.25, 0.3) is 0 Å². The summed E-state index contributed by atoms with van der Waals surface area (Å²) in [6.45, 7) is -2.46. The van der Waals surface area contributed by atoms with Crippen LogP contribution in [-0.2, 0) is 11.3 Å². The molecule has 0 saturated heterocycles. The first-order valence-electron chi connectivity index (χ1n) is 8.52. The van der Waals surface area contributed by atoms with Crippen molar-refractivity contribution >= 4 is 5.91 Å². The third-order valence-electron chi connectivity index (χ3n) is 6.18. The highest BCUT2D eigenvalue weighted by Gasteiger charge is 2.55. The fraction of sp³-hybridized carbons (Fsp3) is 0.765. The van der Waals surface area contributed by atoms with E-state index >= 15 is 0 Å². The first-order chi connectivity index (χ1) is 11.0. The molecule has 4 saturated carbocycles. The zero-order valence-corrected chi connectivity index (χ0v) is 13.4. The number of imidazole rings is 1. The molecule has 0 aliphatic heterocycles. The molecular weight excluding hydrogens is 300 g/mol. The standard InChI is InChI=1S/C17H23F2N3O/c1-21(10-14-20-2-3-22(14)16(18)19)15(23)17-7-11-4-12(8-17)6-13(5-11)9-17/h2-3,11-13,16H,4-10H2,1H3. The van der Waals surface area contributed by atoms with E-state index in [2.05, 4.69) is 4.98 Å². The van der Waals surface area contributed by atoms with Crippen molar-refractivity contribution in [3.63, 3.8) is 0 Å². The van der Waals surface area contributed by atoms with Gasteiger partial charge in [0.15, 0.2) is 0 Å². The molecule has 23 heavy (non-hydrogen) atoms. The quantitative estimate of drug-likeness (QED) is 0.851. The molecule has 4 aliphatic carbocycles. The minimum absolute atomic E-state index is 0.139. The second kappa shape index (κ2) is 5.28. The lowest BCUT2D eigenvalue weighted by atomic mass is 9.49. The Balaban J connectivity index is 1.51. The van der Waals surface area contributed by atoms with Gasteiger partial charge in [-0.15, -0.1) is 0 Å². The van der Waals surface area contributed by atoms with Crippen LogP contribution in [0.5, 0.6) is 0 Å². The van der Waals surface area contributed by atoms with Gasteiger partial charge in [0.2, 0.25) is 5.91 Å². The lowest BCUT2D eigenvalue weighted by molar-refractivity contribution is -0.157. The molecule has 126 valence electrons. The maximum atomic E-state index is 13.1. The zero-order chi connectivity index (χ0) is 16.2. The average molecular weight is 323 g/mol. The fourth-order valence-corrected chi connectivity index (χ4v) is 5.71. The largest absolute Gasteiger partial charge is 0.338 e. The minimum Gasteiger partial charge on any atom is -0.338 e. The van der Waals surface area contributed by atoms with E-state index in [0.717, 1.165) is 23.8 Å². The van der Waals surface area contributed by atoms with Crippen LogP contribution in [0, 0.1) is 23.2 Å². The third kappa shape index (κ3) is 2.46. The van der Waals surface area contributed by atoms with Crippen molar-refractivity contribution in [1.82, 2.24) is 14.5 Å². The molecule has 0 aromatic carbocycles. The van der Waals surface area contributed by atoms with E-state index in [1.54, 1.807) is 11.9 Å². The Labute approximate surface area is 134 Å². The number of aromatic nitrogens is 2. The molecule has 0 atom stereocenters. The van der Waals surface area contributed by atoms with Gasteiger partial charge in [-0.1, -0.05) is 0 Å². The van der Waals surface area contributed by atoms with Gasteiger partial charge < -0.3 is 4.90 Å². The van der Waals surface area contributed by atoms with Gasteiger partial charge in [-0.2, -0.15) is 8.78 Å². The predicted molar refractivity (Wildman–Crippen MR) is 80.6 cm³/mol. The summed E-state index contributed by atoms with van der Waals surface area (Å²) in [5.74, 6) is 2.48. The SMILES string of the molecule is CN(Cc1nccn1C(F)F)C(=O)C12CC3CC(CC(C3)C1)C2. The monoisotopic (exact) mass is 323 g/mol. The Morgan fingerprint density at radius 2 is 1.87 bits per heavy atom. The molecule has 4 aliphatic rings. The Bertz CT molecular complexity index is 577. The van der Waals surface area contributed by atoms with E-state index in [4.69, 9.17) is 0 Å². The Hall–Kier alpha value is -1.46. The van der Waals surface area contributed by atoms with Gasteiger partial charge >= 0.3 is 6.55 Å². The van der Waals surface area contributed by atoms with E-state index in [1.807, 2.05) is 0 Å². The number of carbonyl (C=O) groups excluding carboxylic acids is 1. The zero-order valence-electron chi connectivity index (χ0n) is 13.4. The maximum Gasteiger partial charge on any atom is 0.319 e. The molecule has 4 fully saturated rings. The molecule has 1 heterocycles. The summed E-state index contributed by atoms with van der Waals surface area (Å²) in [4.78, 5) is 18.7. The van der Waals surface area contributed by atoms with E-state index in [-0.39, 0.29) is 23.7 Å². The number of amides is 1. The van der Waals surface area contributed by atoms with Gasteiger partial charge in [0.1, 0.15) is 5.82 Å². The lowest BCUT2D eigenvalue weighted by Gasteiger charge is -2.56. The van der Waals surface area contributed by atoms with Crippen LogP contribution < -0.4 is 0 Å². The Morgan fingerprint density at radius 1 is 1.30 bits per heavy atom. The second-order valence-corrected chi connectivity index (χ2v) is 7.89. The van der Waals surface area contributed by atoms with Gasteiger partial charge in [0, 0.05) is 19.4 Å². The molecular formula is C17H23F2N3O. The maximum absolute atomic E-state index is 13.1. The van der Waals surface area contributed by atoms with Gasteiger partial charge in [-0.25, -0.2) is 4.98 Å². The smallest absolute Gasteiger partial charge is 0.319 e. The molecule has 4 bridgehead atoms. The fourth-order valence-electron chi connectivity index (χ4n) is 5.71. The predicted octanol–water partition coefficient (Wildman–Crippen LogP) is 3.45. The summed E-state index contributed by atoms with van der Waals surface area (Å²) in [6, 6.07) is 0. The number of nitrogens with zero attached hydrogens (tertiary/aromatic N) is 3. The highest BCUT2D eigenvalue weighted by Crippen LogP contribution is 2.60. The minimum atomic E-state index is -2.62. The number of halogens is 2. The van der Waals surface area contributed by atoms with E-state index in [1.165, 1.54) is 31.7 Å². The van der Waals surface area contributed by atoms with Gasteiger partial charge in [0.25, 0.3) is 0 Å². The molecule has 5 rings (SSSR count). The van der Waals surface area contributed by atoms with Crippen LogP contribution in [-0.4, -0.2) is 27.4 Å². The van der Waals surface area contributed by atoms with Crippen LogP contribution in [0.2, 0.25) is 0 Å². The Morgan fingerprint density at radius 3 is 2.39 bits per heavy atom. The number of alkyl halides is 2. The Kier molecular flexibility index (Phi) is 3.46. The molecule has 6 heteroatoms. The molecule has 0 spiro atoms. The first kappa shape index (κ1) is 15.1. The second-order valence-electron chi connectivity index (χ2n) is 7.89. The van der Waals surface area contributed by atoms with Crippen molar-refractivity contribution in [2.75, 3.05) is 7.05 Å². The van der Waals surface area contributed by atoms with Gasteiger partial charge in [-0.3, -0.25) is 9.36 Å². The van der Waals surface area contributed by atoms with Crippen LogP contribution in [0.4, 0.5) is 8.78 Å². The van der Waals surface area contributed by atoms with Crippen LogP contribution in [0.3, 0.4) is 0 Å². The third-order valence-corrected chi connectivity index (χ3v) is 6.18. The van der Waals surface area contributed by atoms with Crippen molar-refractivity contribution in [2.45, 2.75) is 51.6 Å². The summed E-state index contributed by atoms with van der Waals surface area (Å²) in [7, 11) is 1.73. The topological polar surface area (TPSA) is 38.1 Å². The van der Waals surface area contributed by atoms with Crippen molar-refractivity contribution < 1.29 is 13.6 Å². The average Bonchev–Trinajstić information content (AvgIpc) is 2.93. The van der Waals surface area contributed by atoms with Crippen molar-refractivity contribution in [3.05, 3.63) is 18.2 Å². The van der Waals surface area contributed by atoms with Crippen molar-refractivity contribution in [3.8, 4) is 0 Å². The van der Waals surface area contributed by atoms with Crippen LogP contribution in [0.1, 0.15) is 50.9 Å². The molecule has 4 nitrogen and oxygen atoms in total. The summed E-state index contributed by atoms with van der Waals surface area (Å²) in [5, 5.41) is 0. The van der Waals surface area contributed by atoms with Crippen LogP contribution >= 0.6 is 0 Å². The molecule has 1 aromatic heterocycles. The van der Waals surface area contributed by atoms with Gasteiger partial charge in [-0.05, 0) is 56.3 Å². The van der Waals surface area contributed by atoms with Crippen molar-refractivity contribution in [2.24, 2.45) is 23.2 Å². The summed E-state index contributed by atoms with van der Waals surface area (Å²) in [5.41, 5.74) is -0.230. The lowest BCUT2D eigenvalue weighted by Crippen LogP contribution is -2.53. The molecule has 0 radical (unpaired) electrons. The number of hydrogen-bond acceptors (Lipinski definition) is 2. The van der Waals surface area contributed by atoms with E-state index in [9.17, 15) is 13.6 Å². The number of carbonyl (C=O) groups is 1. The highest BCUT2D eigenvalue weighted by atomic mass is 19.3. The molecule has 1 aromatic rings. The molecule has 1 amide bonds. The molecule has 0 N–H and O–H groups in total. The summed E-state index contributed by atoms with van der Waals surface area (Å²) < 4.78 is 26.7. The van der Waals surface area contributed by atoms with Crippen molar-refractivity contribution in [1.29, 1.82) is 0 Å².